The van der Waals surface area contributed by atoms with Crippen LogP contribution in [-0.2, 0) is 34.4 Å². The average Bonchev–Trinajstić information content (AvgIpc) is 3.25. The number of hydrogen-bond donors (Lipinski definition) is 1. The molecule has 0 saturated carbocycles. The Labute approximate surface area is 218 Å². The summed E-state index contributed by atoms with van der Waals surface area (Å²) in [5.41, 5.74) is 3.00. The van der Waals surface area contributed by atoms with Crippen molar-refractivity contribution in [2.24, 2.45) is 0 Å². The zero-order chi connectivity index (χ0) is 26.3. The lowest BCUT2D eigenvalue weighted by Crippen LogP contribution is -2.35. The van der Waals surface area contributed by atoms with Crippen LogP contribution in [0.2, 0.25) is 0 Å². The summed E-state index contributed by atoms with van der Waals surface area (Å²) in [6.07, 6.45) is -3.88. The number of amides is 1. The van der Waals surface area contributed by atoms with Crippen LogP contribution in [0.3, 0.4) is 0 Å². The first-order valence-electron chi connectivity index (χ1n) is 12.1. The number of rotatable bonds is 10. The topological polar surface area (TPSA) is 67.6 Å². The maximum atomic E-state index is 12.6. The van der Waals surface area contributed by atoms with Crippen LogP contribution in [0.15, 0.2) is 52.9 Å². The van der Waals surface area contributed by atoms with E-state index in [0.717, 1.165) is 67.6 Å². The number of hydrogen-bond acceptors (Lipinski definition) is 6. The van der Waals surface area contributed by atoms with E-state index >= 15 is 0 Å². The smallest absolute Gasteiger partial charge is 0.416 e. The van der Waals surface area contributed by atoms with Crippen molar-refractivity contribution < 1.29 is 27.1 Å². The normalized spacial score (nSPS) is 14.6. The van der Waals surface area contributed by atoms with Gasteiger partial charge in [-0.3, -0.25) is 9.69 Å². The van der Waals surface area contributed by atoms with E-state index < -0.39 is 11.7 Å². The number of nitrogens with zero attached hydrogens (tertiary/aromatic N) is 2. The van der Waals surface area contributed by atoms with Crippen LogP contribution < -0.4 is 5.32 Å². The highest BCUT2D eigenvalue weighted by Gasteiger charge is 2.29. The number of thioether (sulfide) groups is 1. The molecule has 0 aliphatic carbocycles. The third kappa shape index (κ3) is 8.08. The molecule has 1 fully saturated rings. The summed E-state index contributed by atoms with van der Waals surface area (Å²) in [7, 11) is 0. The van der Waals surface area contributed by atoms with Crippen molar-refractivity contribution in [2.75, 3.05) is 38.6 Å². The molecule has 0 radical (unpaired) electrons. The standard InChI is InChI=1S/C27H30F3N3O3S/c1-19-24(17-37-18-25(34)31-11-10-20-4-8-23(9-5-20)27(28,29)30)32-26(36-19)22-6-2-21(3-7-22)16-33-12-14-35-15-13-33/h2-9H,10-18H2,1H3,(H,31,34). The van der Waals surface area contributed by atoms with E-state index in [9.17, 15) is 18.0 Å². The Kier molecular flexibility index (Phi) is 9.28. The number of ether oxygens (including phenoxy) is 1. The molecule has 2 aromatic carbocycles. The Hall–Kier alpha value is -2.82. The molecule has 4 rings (SSSR count). The van der Waals surface area contributed by atoms with E-state index in [0.29, 0.717) is 24.6 Å². The Balaban J connectivity index is 1.19. The van der Waals surface area contributed by atoms with Crippen molar-refractivity contribution >= 4 is 17.7 Å². The molecule has 0 bridgehead atoms. The highest BCUT2D eigenvalue weighted by Crippen LogP contribution is 2.29. The molecule has 37 heavy (non-hydrogen) atoms. The summed E-state index contributed by atoms with van der Waals surface area (Å²) in [6, 6.07) is 13.2. The number of oxazole rings is 1. The van der Waals surface area contributed by atoms with Gasteiger partial charge in [0.1, 0.15) is 5.76 Å². The van der Waals surface area contributed by atoms with Crippen molar-refractivity contribution in [3.8, 4) is 11.5 Å². The molecular weight excluding hydrogens is 503 g/mol. The van der Waals surface area contributed by atoms with Crippen molar-refractivity contribution in [3.05, 3.63) is 76.7 Å². The first-order valence-corrected chi connectivity index (χ1v) is 13.3. The molecule has 198 valence electrons. The minimum absolute atomic E-state index is 0.130. The van der Waals surface area contributed by atoms with E-state index in [4.69, 9.17) is 9.15 Å². The average molecular weight is 534 g/mol. The monoisotopic (exact) mass is 533 g/mol. The third-order valence-corrected chi connectivity index (χ3v) is 7.04. The van der Waals surface area contributed by atoms with Crippen LogP contribution in [0.25, 0.3) is 11.5 Å². The number of benzene rings is 2. The second-order valence-electron chi connectivity index (χ2n) is 8.89. The minimum Gasteiger partial charge on any atom is -0.441 e. The van der Waals surface area contributed by atoms with Gasteiger partial charge in [0.05, 0.1) is 30.2 Å². The van der Waals surface area contributed by atoms with E-state index in [1.54, 1.807) is 0 Å². The van der Waals surface area contributed by atoms with Crippen LogP contribution in [0, 0.1) is 6.92 Å². The molecule has 3 aromatic rings. The van der Waals surface area contributed by atoms with E-state index in [2.05, 4.69) is 27.3 Å². The molecule has 1 N–H and O–H groups in total. The molecule has 1 saturated heterocycles. The number of nitrogens with one attached hydrogen (secondary N) is 1. The minimum atomic E-state index is -4.35. The fraction of sp³-hybridized carbons (Fsp3) is 0.407. The number of aryl methyl sites for hydroxylation is 1. The van der Waals surface area contributed by atoms with Gasteiger partial charge in [-0.1, -0.05) is 24.3 Å². The van der Waals surface area contributed by atoms with Crippen LogP contribution in [0.5, 0.6) is 0 Å². The predicted octanol–water partition coefficient (Wildman–Crippen LogP) is 5.09. The maximum absolute atomic E-state index is 12.6. The Bertz CT molecular complexity index is 1160. The number of morpholine rings is 1. The SMILES string of the molecule is Cc1oc(-c2ccc(CN3CCOCC3)cc2)nc1CSCC(=O)NCCc1ccc(C(F)(F)F)cc1. The number of carbonyl (C=O) groups is 1. The van der Waals surface area contributed by atoms with Gasteiger partial charge < -0.3 is 14.5 Å². The summed E-state index contributed by atoms with van der Waals surface area (Å²) < 4.78 is 49.2. The second-order valence-corrected chi connectivity index (χ2v) is 9.88. The quantitative estimate of drug-likeness (QED) is 0.392. The predicted molar refractivity (Wildman–Crippen MR) is 137 cm³/mol. The van der Waals surface area contributed by atoms with Crippen molar-refractivity contribution in [1.29, 1.82) is 0 Å². The van der Waals surface area contributed by atoms with Gasteiger partial charge in [0.25, 0.3) is 0 Å². The van der Waals surface area contributed by atoms with Crippen LogP contribution in [0.4, 0.5) is 13.2 Å². The molecule has 1 aliphatic heterocycles. The summed E-state index contributed by atoms with van der Waals surface area (Å²) >= 11 is 1.43. The molecule has 0 atom stereocenters. The first kappa shape index (κ1) is 27.2. The molecule has 0 unspecified atom stereocenters. The van der Waals surface area contributed by atoms with E-state index in [-0.39, 0.29) is 11.7 Å². The molecule has 1 amide bonds. The Morgan fingerprint density at radius 1 is 1.05 bits per heavy atom. The van der Waals surface area contributed by atoms with Gasteiger partial charge in [-0.15, -0.1) is 11.8 Å². The van der Waals surface area contributed by atoms with E-state index in [1.165, 1.54) is 29.5 Å². The Morgan fingerprint density at radius 2 is 1.73 bits per heavy atom. The number of halogens is 3. The van der Waals surface area contributed by atoms with Gasteiger partial charge in [-0.05, 0) is 48.7 Å². The molecule has 6 nitrogen and oxygen atoms in total. The second kappa shape index (κ2) is 12.6. The summed E-state index contributed by atoms with van der Waals surface area (Å²) in [5.74, 6) is 1.95. The van der Waals surface area contributed by atoms with Gasteiger partial charge in [0, 0.05) is 37.5 Å². The van der Waals surface area contributed by atoms with Gasteiger partial charge in [-0.2, -0.15) is 13.2 Å². The fourth-order valence-electron chi connectivity index (χ4n) is 3.95. The molecule has 2 heterocycles. The van der Waals surface area contributed by atoms with Gasteiger partial charge in [-0.25, -0.2) is 4.98 Å². The lowest BCUT2D eigenvalue weighted by Gasteiger charge is -2.26. The zero-order valence-electron chi connectivity index (χ0n) is 20.6. The zero-order valence-corrected chi connectivity index (χ0v) is 21.5. The summed E-state index contributed by atoms with van der Waals surface area (Å²) in [4.78, 5) is 19.2. The lowest BCUT2D eigenvalue weighted by molar-refractivity contribution is -0.137. The summed E-state index contributed by atoms with van der Waals surface area (Å²) in [5, 5.41) is 2.81. The Morgan fingerprint density at radius 3 is 2.41 bits per heavy atom. The fourth-order valence-corrected chi connectivity index (χ4v) is 4.80. The lowest BCUT2D eigenvalue weighted by atomic mass is 10.1. The molecule has 10 heteroatoms. The number of aromatic nitrogens is 1. The van der Waals surface area contributed by atoms with Gasteiger partial charge in [0.2, 0.25) is 11.8 Å². The summed E-state index contributed by atoms with van der Waals surface area (Å²) in [6.45, 7) is 6.56. The number of alkyl halides is 3. The highest BCUT2D eigenvalue weighted by molar-refractivity contribution is 7.99. The first-order chi connectivity index (χ1) is 17.8. The number of carbonyl (C=O) groups excluding carboxylic acids is 1. The highest BCUT2D eigenvalue weighted by atomic mass is 32.2. The van der Waals surface area contributed by atoms with Gasteiger partial charge in [0.15, 0.2) is 0 Å². The largest absolute Gasteiger partial charge is 0.441 e. The third-order valence-electron chi connectivity index (χ3n) is 6.09. The van der Waals surface area contributed by atoms with E-state index in [1.807, 2.05) is 19.1 Å². The molecule has 0 spiro atoms. The molecular formula is C27H30F3N3O3S. The van der Waals surface area contributed by atoms with Crippen LogP contribution in [-0.4, -0.2) is 54.4 Å². The van der Waals surface area contributed by atoms with Crippen molar-refractivity contribution in [1.82, 2.24) is 15.2 Å². The van der Waals surface area contributed by atoms with Gasteiger partial charge >= 0.3 is 6.18 Å². The molecule has 1 aliphatic rings. The maximum Gasteiger partial charge on any atom is 0.416 e. The van der Waals surface area contributed by atoms with Crippen molar-refractivity contribution in [3.63, 3.8) is 0 Å². The van der Waals surface area contributed by atoms with Crippen LogP contribution >= 0.6 is 11.8 Å². The van der Waals surface area contributed by atoms with Crippen LogP contribution in [0.1, 0.15) is 28.1 Å². The molecule has 1 aromatic heterocycles. The van der Waals surface area contributed by atoms with Crippen molar-refractivity contribution in [2.45, 2.75) is 31.8 Å².